The number of amides is 1. The topological polar surface area (TPSA) is 32.3 Å². The molecule has 0 aromatic heterocycles. The third-order valence-electron chi connectivity index (χ3n) is 5.16. The molecule has 1 N–H and O–H groups in total. The molecular weight excluding hydrogens is 260 g/mol. The van der Waals surface area contributed by atoms with E-state index in [4.69, 9.17) is 0 Å². The summed E-state index contributed by atoms with van der Waals surface area (Å²) >= 11 is 0. The molecule has 2 heterocycles. The molecule has 1 aromatic carbocycles. The van der Waals surface area contributed by atoms with E-state index in [0.717, 1.165) is 25.2 Å². The monoisotopic (exact) mass is 286 g/mol. The van der Waals surface area contributed by atoms with Crippen molar-refractivity contribution in [1.82, 2.24) is 5.32 Å². The minimum Gasteiger partial charge on any atom is -0.317 e. The molecule has 114 valence electrons. The van der Waals surface area contributed by atoms with E-state index >= 15 is 0 Å². The first kappa shape index (κ1) is 14.6. The van der Waals surface area contributed by atoms with Gasteiger partial charge in [0.15, 0.2) is 0 Å². The summed E-state index contributed by atoms with van der Waals surface area (Å²) in [6.07, 6.45) is 4.09. The summed E-state index contributed by atoms with van der Waals surface area (Å²) in [6, 6.07) is 8.64. The highest BCUT2D eigenvalue weighted by molar-refractivity contribution is 5.96. The van der Waals surface area contributed by atoms with Crippen LogP contribution in [0.5, 0.6) is 0 Å². The Bertz CT molecular complexity index is 508. The van der Waals surface area contributed by atoms with Gasteiger partial charge < -0.3 is 10.2 Å². The smallest absolute Gasteiger partial charge is 0.227 e. The normalized spacial score (nSPS) is 23.9. The highest BCUT2D eigenvalue weighted by Gasteiger charge is 2.32. The van der Waals surface area contributed by atoms with Gasteiger partial charge in [-0.25, -0.2) is 0 Å². The van der Waals surface area contributed by atoms with Crippen molar-refractivity contribution < 1.29 is 4.79 Å². The summed E-state index contributed by atoms with van der Waals surface area (Å²) in [6.45, 7) is 6.62. The Balaban J connectivity index is 1.67. The molecule has 2 atom stereocenters. The summed E-state index contributed by atoms with van der Waals surface area (Å²) in [5.74, 6) is 1.49. The zero-order chi connectivity index (χ0) is 14.8. The van der Waals surface area contributed by atoms with Crippen LogP contribution in [0.3, 0.4) is 0 Å². The lowest BCUT2D eigenvalue weighted by molar-refractivity contribution is -0.120. The predicted molar refractivity (Wildman–Crippen MR) is 86.5 cm³/mol. The van der Waals surface area contributed by atoms with Crippen LogP contribution in [-0.2, 0) is 11.2 Å². The first-order valence-corrected chi connectivity index (χ1v) is 8.27. The Morgan fingerprint density at radius 2 is 2.05 bits per heavy atom. The van der Waals surface area contributed by atoms with Gasteiger partial charge in [0.05, 0.1) is 0 Å². The number of carbonyl (C=O) groups excluding carboxylic acids is 1. The van der Waals surface area contributed by atoms with Crippen molar-refractivity contribution in [3.8, 4) is 0 Å². The molecule has 0 aliphatic carbocycles. The van der Waals surface area contributed by atoms with Gasteiger partial charge in [0, 0.05) is 18.2 Å². The predicted octanol–water partition coefficient (Wildman–Crippen LogP) is 2.99. The summed E-state index contributed by atoms with van der Waals surface area (Å²) in [4.78, 5) is 14.8. The van der Waals surface area contributed by atoms with Gasteiger partial charge in [-0.05, 0) is 62.7 Å². The standard InChI is InChI=1S/C18H26N2O/c1-13(15-7-9-19-10-8-15)11-18(21)20-14(2)12-16-5-3-4-6-17(16)20/h3-6,13-15,19H,7-12H2,1-2H3. The molecule has 3 heteroatoms. The molecule has 0 saturated carbocycles. The van der Waals surface area contributed by atoms with Crippen molar-refractivity contribution in [1.29, 1.82) is 0 Å². The second-order valence-electron chi connectivity index (χ2n) is 6.71. The lowest BCUT2D eigenvalue weighted by atomic mass is 9.84. The second-order valence-corrected chi connectivity index (χ2v) is 6.71. The van der Waals surface area contributed by atoms with E-state index in [-0.39, 0.29) is 0 Å². The van der Waals surface area contributed by atoms with Crippen molar-refractivity contribution >= 4 is 11.6 Å². The van der Waals surface area contributed by atoms with Crippen LogP contribution in [-0.4, -0.2) is 25.0 Å². The van der Waals surface area contributed by atoms with E-state index in [2.05, 4.69) is 37.4 Å². The average Bonchev–Trinajstić information content (AvgIpc) is 2.83. The number of para-hydroxylation sites is 1. The van der Waals surface area contributed by atoms with Gasteiger partial charge in [0.1, 0.15) is 0 Å². The molecule has 0 radical (unpaired) electrons. The summed E-state index contributed by atoms with van der Waals surface area (Å²) < 4.78 is 0. The molecule has 3 rings (SSSR count). The average molecular weight is 286 g/mol. The Morgan fingerprint density at radius 1 is 1.33 bits per heavy atom. The Morgan fingerprint density at radius 3 is 2.81 bits per heavy atom. The molecular formula is C18H26N2O. The van der Waals surface area contributed by atoms with Crippen molar-refractivity contribution in [2.24, 2.45) is 11.8 Å². The number of hydrogen-bond acceptors (Lipinski definition) is 2. The van der Waals surface area contributed by atoms with E-state index < -0.39 is 0 Å². The zero-order valence-electron chi connectivity index (χ0n) is 13.1. The number of carbonyl (C=O) groups is 1. The first-order valence-electron chi connectivity index (χ1n) is 8.27. The SMILES string of the molecule is CC(CC(=O)N1c2ccccc2CC1C)C1CCNCC1. The molecule has 0 spiro atoms. The third kappa shape index (κ3) is 2.98. The van der Waals surface area contributed by atoms with Crippen molar-refractivity contribution in [3.05, 3.63) is 29.8 Å². The second kappa shape index (κ2) is 6.18. The number of nitrogens with zero attached hydrogens (tertiary/aromatic N) is 1. The Hall–Kier alpha value is -1.35. The lowest BCUT2D eigenvalue weighted by Gasteiger charge is -2.30. The van der Waals surface area contributed by atoms with Crippen LogP contribution in [0.15, 0.2) is 24.3 Å². The van der Waals surface area contributed by atoms with Crippen LogP contribution in [0.25, 0.3) is 0 Å². The number of benzene rings is 1. The van der Waals surface area contributed by atoms with Crippen LogP contribution in [0.4, 0.5) is 5.69 Å². The van der Waals surface area contributed by atoms with E-state index in [1.165, 1.54) is 18.4 Å². The van der Waals surface area contributed by atoms with E-state index in [1.807, 2.05) is 11.0 Å². The summed E-state index contributed by atoms with van der Waals surface area (Å²) in [7, 11) is 0. The van der Waals surface area contributed by atoms with E-state index in [0.29, 0.717) is 30.2 Å². The number of rotatable bonds is 3. The first-order chi connectivity index (χ1) is 10.2. The van der Waals surface area contributed by atoms with Crippen LogP contribution >= 0.6 is 0 Å². The number of piperidine rings is 1. The molecule has 1 fully saturated rings. The maximum absolute atomic E-state index is 12.8. The molecule has 2 aliphatic heterocycles. The van der Waals surface area contributed by atoms with E-state index in [1.54, 1.807) is 0 Å². The van der Waals surface area contributed by atoms with Crippen LogP contribution in [0.2, 0.25) is 0 Å². The zero-order valence-corrected chi connectivity index (χ0v) is 13.1. The minimum atomic E-state index is 0.301. The maximum Gasteiger partial charge on any atom is 0.227 e. The highest BCUT2D eigenvalue weighted by Crippen LogP contribution is 2.34. The fourth-order valence-corrected chi connectivity index (χ4v) is 3.90. The van der Waals surface area contributed by atoms with E-state index in [9.17, 15) is 4.79 Å². The fraction of sp³-hybridized carbons (Fsp3) is 0.611. The third-order valence-corrected chi connectivity index (χ3v) is 5.16. The molecule has 0 bridgehead atoms. The fourth-order valence-electron chi connectivity index (χ4n) is 3.90. The van der Waals surface area contributed by atoms with Gasteiger partial charge in [-0.3, -0.25) is 4.79 Å². The number of anilines is 1. The van der Waals surface area contributed by atoms with Crippen molar-refractivity contribution in [2.45, 2.75) is 45.6 Å². The van der Waals surface area contributed by atoms with Gasteiger partial charge >= 0.3 is 0 Å². The summed E-state index contributed by atoms with van der Waals surface area (Å²) in [5, 5.41) is 3.40. The quantitative estimate of drug-likeness (QED) is 0.926. The van der Waals surface area contributed by atoms with Gasteiger partial charge in [-0.2, -0.15) is 0 Å². The van der Waals surface area contributed by atoms with Gasteiger partial charge in [-0.1, -0.05) is 25.1 Å². The van der Waals surface area contributed by atoms with Crippen molar-refractivity contribution in [3.63, 3.8) is 0 Å². The number of nitrogens with one attached hydrogen (secondary N) is 1. The largest absolute Gasteiger partial charge is 0.317 e. The lowest BCUT2D eigenvalue weighted by Crippen LogP contribution is -2.38. The number of fused-ring (bicyclic) bond motifs is 1. The molecule has 21 heavy (non-hydrogen) atoms. The molecule has 1 saturated heterocycles. The van der Waals surface area contributed by atoms with Gasteiger partial charge in [0.2, 0.25) is 5.91 Å². The molecule has 1 amide bonds. The maximum atomic E-state index is 12.8. The molecule has 1 aromatic rings. The molecule has 2 aliphatic rings. The molecule has 2 unspecified atom stereocenters. The van der Waals surface area contributed by atoms with Crippen LogP contribution < -0.4 is 10.2 Å². The minimum absolute atomic E-state index is 0.301. The number of hydrogen-bond donors (Lipinski definition) is 1. The van der Waals surface area contributed by atoms with Crippen LogP contribution in [0.1, 0.15) is 38.7 Å². The van der Waals surface area contributed by atoms with Crippen LogP contribution in [0, 0.1) is 11.8 Å². The Labute approximate surface area is 127 Å². The van der Waals surface area contributed by atoms with Crippen molar-refractivity contribution in [2.75, 3.05) is 18.0 Å². The van der Waals surface area contributed by atoms with Gasteiger partial charge in [0.25, 0.3) is 0 Å². The summed E-state index contributed by atoms with van der Waals surface area (Å²) in [5.41, 5.74) is 2.44. The van der Waals surface area contributed by atoms with Gasteiger partial charge in [-0.15, -0.1) is 0 Å². The molecule has 3 nitrogen and oxygen atoms in total. The highest BCUT2D eigenvalue weighted by atomic mass is 16.2. The Kier molecular flexibility index (Phi) is 4.29.